The van der Waals surface area contributed by atoms with Crippen molar-refractivity contribution in [3.05, 3.63) is 29.8 Å². The lowest BCUT2D eigenvalue weighted by molar-refractivity contribution is -0.0486. The van der Waals surface area contributed by atoms with E-state index >= 15 is 0 Å². The highest BCUT2D eigenvalue weighted by Gasteiger charge is 2.30. The topological polar surface area (TPSA) is 53.1 Å². The van der Waals surface area contributed by atoms with Crippen LogP contribution >= 0.6 is 0 Å². The van der Waals surface area contributed by atoms with Crippen LogP contribution in [0.15, 0.2) is 29.2 Å². The fraction of sp³-hybridized carbons (Fsp3) is 0.727. The summed E-state index contributed by atoms with van der Waals surface area (Å²) in [5, 5.41) is 0. The molecule has 0 N–H and O–H groups in total. The van der Waals surface area contributed by atoms with Gasteiger partial charge >= 0.3 is 0 Å². The Labute approximate surface area is 176 Å². The van der Waals surface area contributed by atoms with E-state index in [0.29, 0.717) is 29.8 Å². The Morgan fingerprint density at radius 2 is 1.62 bits per heavy atom. The minimum atomic E-state index is -3.42. The smallest absolute Gasteiger partial charge is 0.243 e. The number of piperazine rings is 1. The van der Waals surface area contributed by atoms with Gasteiger partial charge in [-0.25, -0.2) is 8.42 Å². The van der Waals surface area contributed by atoms with Crippen LogP contribution in [0.2, 0.25) is 0 Å². The lowest BCUT2D eigenvalue weighted by atomic mass is 10.0. The molecule has 29 heavy (non-hydrogen) atoms. The summed E-state index contributed by atoms with van der Waals surface area (Å²) in [5.74, 6) is 1.06. The van der Waals surface area contributed by atoms with Crippen molar-refractivity contribution >= 4 is 10.0 Å². The summed E-state index contributed by atoms with van der Waals surface area (Å²) >= 11 is 0. The number of nitrogens with zero attached hydrogens (tertiary/aromatic N) is 3. The summed E-state index contributed by atoms with van der Waals surface area (Å²) in [6.07, 6.45) is 0.217. The Kier molecular flexibility index (Phi) is 7.73. The molecule has 0 spiro atoms. The minimum absolute atomic E-state index is 0.217. The van der Waals surface area contributed by atoms with Crippen molar-refractivity contribution in [1.29, 1.82) is 0 Å². The minimum Gasteiger partial charge on any atom is -0.374 e. The number of hydrogen-bond acceptors (Lipinski definition) is 5. The fourth-order valence-electron chi connectivity index (χ4n) is 4.19. The van der Waals surface area contributed by atoms with E-state index in [9.17, 15) is 8.42 Å². The zero-order valence-electron chi connectivity index (χ0n) is 18.4. The summed E-state index contributed by atoms with van der Waals surface area (Å²) in [5.41, 5.74) is 1.16. The summed E-state index contributed by atoms with van der Waals surface area (Å²) in [4.78, 5) is 5.23. The van der Waals surface area contributed by atoms with Crippen LogP contribution in [0.1, 0.15) is 39.2 Å². The van der Waals surface area contributed by atoms with Crippen LogP contribution in [0.5, 0.6) is 0 Å². The molecule has 0 radical (unpaired) electrons. The average Bonchev–Trinajstić information content (AvgIpc) is 2.68. The molecule has 0 aliphatic carbocycles. The molecule has 0 aromatic heterocycles. The number of sulfonamides is 1. The van der Waals surface area contributed by atoms with Gasteiger partial charge in [-0.05, 0) is 29.5 Å². The highest BCUT2D eigenvalue weighted by atomic mass is 32.2. The molecule has 3 rings (SSSR count). The van der Waals surface area contributed by atoms with E-state index in [4.69, 9.17) is 4.74 Å². The van der Waals surface area contributed by atoms with E-state index in [-0.39, 0.29) is 6.10 Å². The predicted molar refractivity (Wildman–Crippen MR) is 117 cm³/mol. The van der Waals surface area contributed by atoms with Crippen molar-refractivity contribution in [2.24, 2.45) is 5.92 Å². The van der Waals surface area contributed by atoms with Crippen LogP contribution in [-0.4, -0.2) is 87.6 Å². The molecule has 1 atom stereocenters. The lowest BCUT2D eigenvalue weighted by Gasteiger charge is -2.39. The first-order valence-corrected chi connectivity index (χ1v) is 12.4. The van der Waals surface area contributed by atoms with Gasteiger partial charge in [0, 0.05) is 52.4 Å². The standard InChI is InChI=1S/C22H37N3O3S/c1-18(2)15-24-13-14-28-21(17-24)16-23-9-11-25(12-10-23)29(26,27)22-7-5-20(6-8-22)19(3)4/h5-8,18-19,21H,9-17H2,1-4H3/t21-/m0/s1. The van der Waals surface area contributed by atoms with Gasteiger partial charge in [0.1, 0.15) is 0 Å². The third kappa shape index (κ3) is 6.01. The zero-order valence-corrected chi connectivity index (χ0v) is 19.2. The van der Waals surface area contributed by atoms with Gasteiger partial charge in [-0.2, -0.15) is 4.31 Å². The van der Waals surface area contributed by atoms with Crippen LogP contribution in [0.4, 0.5) is 0 Å². The summed E-state index contributed by atoms with van der Waals surface area (Å²) in [7, 11) is -3.42. The SMILES string of the molecule is CC(C)CN1CCO[C@@H](CN2CCN(S(=O)(=O)c3ccc(C(C)C)cc3)CC2)C1. The van der Waals surface area contributed by atoms with Crippen molar-refractivity contribution in [3.63, 3.8) is 0 Å². The van der Waals surface area contributed by atoms with E-state index in [1.165, 1.54) is 0 Å². The van der Waals surface area contributed by atoms with E-state index in [1.807, 2.05) is 12.1 Å². The lowest BCUT2D eigenvalue weighted by Crippen LogP contribution is -2.53. The largest absolute Gasteiger partial charge is 0.374 e. The maximum atomic E-state index is 13.0. The monoisotopic (exact) mass is 423 g/mol. The second kappa shape index (κ2) is 9.88. The van der Waals surface area contributed by atoms with E-state index in [0.717, 1.165) is 51.4 Å². The third-order valence-corrected chi connectivity index (χ3v) is 7.74. The Morgan fingerprint density at radius 3 is 2.21 bits per heavy atom. The highest BCUT2D eigenvalue weighted by Crippen LogP contribution is 2.21. The Morgan fingerprint density at radius 1 is 0.966 bits per heavy atom. The molecule has 1 aromatic rings. The number of ether oxygens (including phenoxy) is 1. The van der Waals surface area contributed by atoms with E-state index < -0.39 is 10.0 Å². The van der Waals surface area contributed by atoms with Crippen LogP contribution in [0.3, 0.4) is 0 Å². The highest BCUT2D eigenvalue weighted by molar-refractivity contribution is 7.89. The van der Waals surface area contributed by atoms with E-state index in [2.05, 4.69) is 37.5 Å². The molecule has 0 saturated carbocycles. The summed E-state index contributed by atoms with van der Waals surface area (Å²) in [6, 6.07) is 7.35. The predicted octanol–water partition coefficient (Wildman–Crippen LogP) is 2.47. The Balaban J connectivity index is 1.52. The van der Waals surface area contributed by atoms with Gasteiger partial charge in [-0.15, -0.1) is 0 Å². The molecule has 0 bridgehead atoms. The van der Waals surface area contributed by atoms with Crippen molar-refractivity contribution < 1.29 is 13.2 Å². The van der Waals surface area contributed by atoms with Gasteiger partial charge in [0.2, 0.25) is 10.0 Å². The molecule has 7 heteroatoms. The number of hydrogen-bond donors (Lipinski definition) is 0. The quantitative estimate of drug-likeness (QED) is 0.674. The maximum absolute atomic E-state index is 13.0. The van der Waals surface area contributed by atoms with Crippen LogP contribution in [0, 0.1) is 5.92 Å². The zero-order chi connectivity index (χ0) is 21.0. The number of morpholine rings is 1. The van der Waals surface area contributed by atoms with E-state index in [1.54, 1.807) is 16.4 Å². The van der Waals surface area contributed by atoms with Gasteiger partial charge in [-0.3, -0.25) is 9.80 Å². The molecule has 2 aliphatic rings. The van der Waals surface area contributed by atoms with Gasteiger partial charge in [0.25, 0.3) is 0 Å². The van der Waals surface area contributed by atoms with Crippen LogP contribution in [0.25, 0.3) is 0 Å². The molecule has 1 aromatic carbocycles. The maximum Gasteiger partial charge on any atom is 0.243 e. The molecule has 0 unspecified atom stereocenters. The molecule has 6 nitrogen and oxygen atoms in total. The molecule has 2 saturated heterocycles. The van der Waals surface area contributed by atoms with Gasteiger partial charge in [-0.1, -0.05) is 39.8 Å². The normalized spacial score (nSPS) is 23.2. The second-order valence-corrected chi connectivity index (χ2v) is 11.0. The van der Waals surface area contributed by atoms with Gasteiger partial charge < -0.3 is 4.74 Å². The van der Waals surface area contributed by atoms with Crippen molar-refractivity contribution in [2.75, 3.05) is 59.0 Å². The third-order valence-electron chi connectivity index (χ3n) is 5.82. The number of benzene rings is 1. The molecular formula is C22H37N3O3S. The van der Waals surface area contributed by atoms with Crippen molar-refractivity contribution in [1.82, 2.24) is 14.1 Å². The molecule has 2 fully saturated rings. The Hall–Kier alpha value is -0.990. The van der Waals surface area contributed by atoms with Crippen molar-refractivity contribution in [3.8, 4) is 0 Å². The van der Waals surface area contributed by atoms with Crippen LogP contribution in [-0.2, 0) is 14.8 Å². The molecular weight excluding hydrogens is 386 g/mol. The first kappa shape index (κ1) is 22.7. The summed E-state index contributed by atoms with van der Waals surface area (Å²) < 4.78 is 33.6. The molecule has 164 valence electrons. The molecule has 0 amide bonds. The van der Waals surface area contributed by atoms with Crippen molar-refractivity contribution in [2.45, 2.75) is 44.6 Å². The summed E-state index contributed by atoms with van der Waals surface area (Å²) in [6.45, 7) is 16.1. The second-order valence-electron chi connectivity index (χ2n) is 9.07. The average molecular weight is 424 g/mol. The fourth-order valence-corrected chi connectivity index (χ4v) is 5.61. The first-order valence-electron chi connectivity index (χ1n) is 10.9. The Bertz CT molecular complexity index is 741. The number of rotatable bonds is 7. The molecule has 2 heterocycles. The van der Waals surface area contributed by atoms with Crippen LogP contribution < -0.4 is 0 Å². The van der Waals surface area contributed by atoms with Gasteiger partial charge in [0.15, 0.2) is 0 Å². The first-order chi connectivity index (χ1) is 13.8. The molecule has 2 aliphatic heterocycles. The van der Waals surface area contributed by atoms with Gasteiger partial charge in [0.05, 0.1) is 17.6 Å².